The fourth-order valence-corrected chi connectivity index (χ4v) is 5.16. The van der Waals surface area contributed by atoms with Gasteiger partial charge in [-0.1, -0.05) is 65.8 Å². The van der Waals surface area contributed by atoms with Crippen LogP contribution < -0.4 is 20.9 Å². The minimum absolute atomic E-state index is 0.0172. The van der Waals surface area contributed by atoms with E-state index in [9.17, 15) is 14.4 Å². The van der Waals surface area contributed by atoms with Gasteiger partial charge in [0, 0.05) is 16.3 Å². The number of fused-ring (bicyclic) bond motifs is 1. The van der Waals surface area contributed by atoms with E-state index in [1.165, 1.54) is 11.7 Å². The number of methoxy groups -OCH3 is 1. The van der Waals surface area contributed by atoms with Crippen LogP contribution >= 0.6 is 23.4 Å². The number of para-hydroxylation sites is 3. The van der Waals surface area contributed by atoms with Gasteiger partial charge in [-0.2, -0.15) is 0 Å². The van der Waals surface area contributed by atoms with Gasteiger partial charge in [0.15, 0.2) is 5.16 Å². The minimum atomic E-state index is -0.304. The molecule has 2 N–H and O–H groups in total. The molecule has 206 valence electrons. The van der Waals surface area contributed by atoms with Crippen molar-refractivity contribution in [2.75, 3.05) is 23.5 Å². The average molecular weight is 585 g/mol. The van der Waals surface area contributed by atoms with E-state index in [1.54, 1.807) is 66.7 Å². The molecule has 5 rings (SSSR count). The van der Waals surface area contributed by atoms with Gasteiger partial charge in [0.25, 0.3) is 11.5 Å². The van der Waals surface area contributed by atoms with Gasteiger partial charge in [-0.15, -0.1) is 0 Å². The largest absolute Gasteiger partial charge is 0.495 e. The number of benzene rings is 4. The Hall–Kier alpha value is -4.60. The van der Waals surface area contributed by atoms with E-state index in [4.69, 9.17) is 16.3 Å². The maximum Gasteiger partial charge on any atom is 0.262 e. The van der Waals surface area contributed by atoms with Gasteiger partial charge in [-0.05, 0) is 60.2 Å². The van der Waals surface area contributed by atoms with Crippen molar-refractivity contribution in [3.8, 4) is 5.75 Å². The van der Waals surface area contributed by atoms with Crippen LogP contribution in [0.3, 0.4) is 0 Å². The second-order valence-electron chi connectivity index (χ2n) is 8.96. The molecule has 0 aliphatic carbocycles. The Morgan fingerprint density at radius 3 is 2.39 bits per heavy atom. The van der Waals surface area contributed by atoms with Crippen molar-refractivity contribution < 1.29 is 14.3 Å². The monoisotopic (exact) mass is 584 g/mol. The van der Waals surface area contributed by atoms with Crippen molar-refractivity contribution in [2.24, 2.45) is 0 Å². The first-order chi connectivity index (χ1) is 19.9. The summed E-state index contributed by atoms with van der Waals surface area (Å²) in [7, 11) is 1.54. The topological polar surface area (TPSA) is 102 Å². The van der Waals surface area contributed by atoms with Crippen molar-refractivity contribution in [2.45, 2.75) is 11.7 Å². The fraction of sp³-hybridized carbons (Fsp3) is 0.0968. The Labute approximate surface area is 245 Å². The van der Waals surface area contributed by atoms with Crippen LogP contribution in [-0.2, 0) is 11.3 Å². The predicted octanol–water partition coefficient (Wildman–Crippen LogP) is 6.09. The lowest BCUT2D eigenvalue weighted by Gasteiger charge is -2.14. The van der Waals surface area contributed by atoms with Crippen molar-refractivity contribution >= 4 is 57.5 Å². The van der Waals surface area contributed by atoms with Gasteiger partial charge in [0.1, 0.15) is 5.75 Å². The van der Waals surface area contributed by atoms with Gasteiger partial charge >= 0.3 is 0 Å². The standard InChI is InChI=1S/C31H25ClN4O4S/c1-40-27-13-7-6-12-26(27)34-29(38)20-14-16-22(17-15-20)33-28(37)19-41-31-35-25-11-5-3-9-23(25)30(39)36(31)18-21-8-2-4-10-24(21)32/h2-17H,18-19H2,1H3,(H,33,37)(H,34,38). The third-order valence-electron chi connectivity index (χ3n) is 6.23. The summed E-state index contributed by atoms with van der Waals surface area (Å²) in [5.74, 6) is -0.0151. The Morgan fingerprint density at radius 2 is 1.61 bits per heavy atom. The van der Waals surface area contributed by atoms with Crippen molar-refractivity contribution in [1.29, 1.82) is 0 Å². The van der Waals surface area contributed by atoms with Crippen LogP contribution in [0, 0.1) is 0 Å². The number of rotatable bonds is 9. The molecule has 0 unspecified atom stereocenters. The molecule has 1 aromatic heterocycles. The van der Waals surface area contributed by atoms with Crippen LogP contribution in [0.4, 0.5) is 11.4 Å². The van der Waals surface area contributed by atoms with E-state index in [0.717, 1.165) is 17.3 Å². The Kier molecular flexibility index (Phi) is 8.67. The molecule has 5 aromatic rings. The summed E-state index contributed by atoms with van der Waals surface area (Å²) in [5.41, 5.74) is 2.63. The first kappa shape index (κ1) is 27.9. The highest BCUT2D eigenvalue weighted by Crippen LogP contribution is 2.25. The Bertz CT molecular complexity index is 1790. The molecule has 0 aliphatic heterocycles. The molecule has 0 atom stereocenters. The molecular formula is C31H25ClN4O4S. The van der Waals surface area contributed by atoms with E-state index < -0.39 is 0 Å². The molecule has 0 saturated carbocycles. The SMILES string of the molecule is COc1ccccc1NC(=O)c1ccc(NC(=O)CSc2nc3ccccc3c(=O)n2Cc2ccccc2Cl)cc1. The molecule has 1 heterocycles. The van der Waals surface area contributed by atoms with E-state index in [1.807, 2.05) is 30.3 Å². The van der Waals surface area contributed by atoms with Crippen LogP contribution in [-0.4, -0.2) is 34.2 Å². The smallest absolute Gasteiger partial charge is 0.262 e. The summed E-state index contributed by atoms with van der Waals surface area (Å²) in [4.78, 5) is 43.5. The number of carbonyl (C=O) groups is 2. The third-order valence-corrected chi connectivity index (χ3v) is 7.58. The maximum atomic E-state index is 13.4. The third kappa shape index (κ3) is 6.59. The van der Waals surface area contributed by atoms with Crippen molar-refractivity contribution in [3.05, 3.63) is 124 Å². The Morgan fingerprint density at radius 1 is 0.902 bits per heavy atom. The molecule has 2 amide bonds. The summed E-state index contributed by atoms with van der Waals surface area (Å²) >= 11 is 7.52. The average Bonchev–Trinajstić information content (AvgIpc) is 2.99. The highest BCUT2D eigenvalue weighted by Gasteiger charge is 2.15. The van der Waals surface area contributed by atoms with Gasteiger partial charge < -0.3 is 15.4 Å². The molecule has 0 spiro atoms. The molecule has 0 bridgehead atoms. The molecule has 0 saturated heterocycles. The normalized spacial score (nSPS) is 10.8. The second kappa shape index (κ2) is 12.7. The van der Waals surface area contributed by atoms with Crippen LogP contribution in [0.1, 0.15) is 15.9 Å². The van der Waals surface area contributed by atoms with Crippen LogP contribution in [0.2, 0.25) is 5.02 Å². The zero-order valence-electron chi connectivity index (χ0n) is 22.0. The van der Waals surface area contributed by atoms with Crippen molar-refractivity contribution in [3.63, 3.8) is 0 Å². The highest BCUT2D eigenvalue weighted by atomic mass is 35.5. The number of ether oxygens (including phenoxy) is 1. The zero-order chi connectivity index (χ0) is 28.8. The van der Waals surface area contributed by atoms with Crippen LogP contribution in [0.5, 0.6) is 5.75 Å². The van der Waals surface area contributed by atoms with Gasteiger partial charge in [0.2, 0.25) is 5.91 Å². The second-order valence-corrected chi connectivity index (χ2v) is 10.3. The maximum absolute atomic E-state index is 13.4. The van der Waals surface area contributed by atoms with Crippen LogP contribution in [0.25, 0.3) is 10.9 Å². The highest BCUT2D eigenvalue weighted by molar-refractivity contribution is 7.99. The Balaban J connectivity index is 1.27. The predicted molar refractivity (Wildman–Crippen MR) is 163 cm³/mol. The van der Waals surface area contributed by atoms with E-state index in [2.05, 4.69) is 15.6 Å². The summed E-state index contributed by atoms with van der Waals surface area (Å²) in [6.07, 6.45) is 0. The number of aromatic nitrogens is 2. The number of amides is 2. The quantitative estimate of drug-likeness (QED) is 0.161. The van der Waals surface area contributed by atoms with Gasteiger partial charge in [-0.25, -0.2) is 4.98 Å². The first-order valence-electron chi connectivity index (χ1n) is 12.6. The zero-order valence-corrected chi connectivity index (χ0v) is 23.5. The summed E-state index contributed by atoms with van der Waals surface area (Å²) in [6, 6.07) is 28.1. The van der Waals surface area contributed by atoms with E-state index in [0.29, 0.717) is 43.8 Å². The molecule has 0 fully saturated rings. The number of nitrogens with one attached hydrogen (secondary N) is 2. The number of carbonyl (C=O) groups excluding carboxylic acids is 2. The lowest BCUT2D eigenvalue weighted by Crippen LogP contribution is -2.25. The first-order valence-corrected chi connectivity index (χ1v) is 14.0. The summed E-state index contributed by atoms with van der Waals surface area (Å²) < 4.78 is 6.81. The molecule has 10 heteroatoms. The number of thioether (sulfide) groups is 1. The summed E-state index contributed by atoms with van der Waals surface area (Å²) in [5, 5.41) is 7.09. The lowest BCUT2D eigenvalue weighted by molar-refractivity contribution is -0.113. The molecule has 41 heavy (non-hydrogen) atoms. The summed E-state index contributed by atoms with van der Waals surface area (Å²) in [6.45, 7) is 0.221. The van der Waals surface area contributed by atoms with Gasteiger partial charge in [-0.3, -0.25) is 19.0 Å². The molecular weight excluding hydrogens is 560 g/mol. The number of nitrogens with zero attached hydrogens (tertiary/aromatic N) is 2. The molecule has 0 aliphatic rings. The number of hydrogen-bond acceptors (Lipinski definition) is 6. The van der Waals surface area contributed by atoms with Gasteiger partial charge in [0.05, 0.1) is 36.0 Å². The molecule has 8 nitrogen and oxygen atoms in total. The van der Waals surface area contributed by atoms with Crippen LogP contribution in [0.15, 0.2) is 107 Å². The minimum Gasteiger partial charge on any atom is -0.495 e. The molecule has 0 radical (unpaired) electrons. The number of halogens is 1. The lowest BCUT2D eigenvalue weighted by atomic mass is 10.2. The number of hydrogen-bond donors (Lipinski definition) is 2. The molecule has 4 aromatic carbocycles. The van der Waals surface area contributed by atoms with E-state index >= 15 is 0 Å². The number of anilines is 2. The van der Waals surface area contributed by atoms with E-state index in [-0.39, 0.29) is 29.7 Å². The fourth-order valence-electron chi connectivity index (χ4n) is 4.17. The van der Waals surface area contributed by atoms with Crippen molar-refractivity contribution in [1.82, 2.24) is 9.55 Å².